The first-order chi connectivity index (χ1) is 11.1. The zero-order chi connectivity index (χ0) is 16.2. The van der Waals surface area contributed by atoms with Crippen LogP contribution < -0.4 is 14.8 Å². The van der Waals surface area contributed by atoms with Crippen LogP contribution in [0.5, 0.6) is 11.5 Å². The van der Waals surface area contributed by atoms with Gasteiger partial charge in [-0.25, -0.2) is 0 Å². The summed E-state index contributed by atoms with van der Waals surface area (Å²) in [4.78, 5) is 13.5. The van der Waals surface area contributed by atoms with Crippen LogP contribution in [0.2, 0.25) is 0 Å². The van der Waals surface area contributed by atoms with Gasteiger partial charge in [-0.3, -0.25) is 4.79 Å². The van der Waals surface area contributed by atoms with Crippen molar-refractivity contribution in [1.82, 2.24) is 5.32 Å². The van der Waals surface area contributed by atoms with Crippen LogP contribution in [-0.2, 0) is 6.54 Å². The first-order valence-corrected chi connectivity index (χ1v) is 8.44. The molecule has 0 saturated carbocycles. The maximum Gasteiger partial charge on any atom is 0.252 e. The molecule has 0 saturated heterocycles. The smallest absolute Gasteiger partial charge is 0.252 e. The third-order valence-corrected chi connectivity index (χ3v) is 4.47. The van der Waals surface area contributed by atoms with Gasteiger partial charge in [0.2, 0.25) is 6.79 Å². The standard InChI is InChI=1S/C18H19NO3S/c1-12(2)23-17-6-4-3-5-14(17)18(20)19-10-13-7-8-15-16(9-13)22-11-21-15/h3-9,12H,10-11H2,1-2H3,(H,19,20). The summed E-state index contributed by atoms with van der Waals surface area (Å²) >= 11 is 1.69. The molecule has 0 spiro atoms. The summed E-state index contributed by atoms with van der Waals surface area (Å²) in [5.41, 5.74) is 1.70. The number of hydrogen-bond acceptors (Lipinski definition) is 4. The molecule has 3 rings (SSSR count). The van der Waals surface area contributed by atoms with E-state index in [-0.39, 0.29) is 12.7 Å². The van der Waals surface area contributed by atoms with Gasteiger partial charge < -0.3 is 14.8 Å². The molecule has 1 aliphatic rings. The fourth-order valence-corrected chi connectivity index (χ4v) is 3.29. The maximum absolute atomic E-state index is 12.5. The number of ether oxygens (including phenoxy) is 2. The monoisotopic (exact) mass is 329 g/mol. The van der Waals surface area contributed by atoms with E-state index < -0.39 is 0 Å². The fourth-order valence-electron chi connectivity index (χ4n) is 2.34. The predicted molar refractivity (Wildman–Crippen MR) is 91.2 cm³/mol. The molecule has 5 heteroatoms. The lowest BCUT2D eigenvalue weighted by Gasteiger charge is -2.11. The second-order valence-electron chi connectivity index (χ2n) is 5.53. The number of benzene rings is 2. The summed E-state index contributed by atoms with van der Waals surface area (Å²) in [6.07, 6.45) is 0. The second kappa shape index (κ2) is 6.96. The fraction of sp³-hybridized carbons (Fsp3) is 0.278. The van der Waals surface area contributed by atoms with Gasteiger partial charge in [0.05, 0.1) is 5.56 Å². The Labute approximate surface area is 140 Å². The number of fused-ring (bicyclic) bond motifs is 1. The zero-order valence-corrected chi connectivity index (χ0v) is 14.0. The Morgan fingerprint density at radius 1 is 1.17 bits per heavy atom. The Morgan fingerprint density at radius 3 is 2.78 bits per heavy atom. The second-order valence-corrected chi connectivity index (χ2v) is 7.15. The van der Waals surface area contributed by atoms with E-state index in [1.54, 1.807) is 11.8 Å². The first kappa shape index (κ1) is 15.7. The Hall–Kier alpha value is -2.14. The molecular weight excluding hydrogens is 310 g/mol. The van der Waals surface area contributed by atoms with Crippen molar-refractivity contribution in [2.24, 2.45) is 0 Å². The number of nitrogens with one attached hydrogen (secondary N) is 1. The van der Waals surface area contributed by atoms with Crippen molar-refractivity contribution >= 4 is 17.7 Å². The average molecular weight is 329 g/mol. The molecule has 1 N–H and O–H groups in total. The minimum Gasteiger partial charge on any atom is -0.454 e. The van der Waals surface area contributed by atoms with Gasteiger partial charge in [0, 0.05) is 16.7 Å². The van der Waals surface area contributed by atoms with Gasteiger partial charge in [-0.2, -0.15) is 0 Å². The van der Waals surface area contributed by atoms with E-state index in [1.165, 1.54) is 0 Å². The summed E-state index contributed by atoms with van der Waals surface area (Å²) in [6, 6.07) is 13.4. The highest BCUT2D eigenvalue weighted by atomic mass is 32.2. The molecular formula is C18H19NO3S. The van der Waals surface area contributed by atoms with Crippen LogP contribution in [0.25, 0.3) is 0 Å². The molecule has 0 atom stereocenters. The molecule has 4 nitrogen and oxygen atoms in total. The molecule has 0 aliphatic carbocycles. The molecule has 0 radical (unpaired) electrons. The minimum atomic E-state index is -0.0635. The summed E-state index contributed by atoms with van der Waals surface area (Å²) in [7, 11) is 0. The van der Waals surface area contributed by atoms with E-state index >= 15 is 0 Å². The lowest BCUT2D eigenvalue weighted by atomic mass is 10.1. The largest absolute Gasteiger partial charge is 0.454 e. The molecule has 2 aromatic carbocycles. The number of amides is 1. The summed E-state index contributed by atoms with van der Waals surface area (Å²) in [5.74, 6) is 1.41. The Balaban J connectivity index is 1.68. The van der Waals surface area contributed by atoms with Gasteiger partial charge in [0.15, 0.2) is 11.5 Å². The lowest BCUT2D eigenvalue weighted by molar-refractivity contribution is 0.0948. The normalized spacial score (nSPS) is 12.5. The number of carbonyl (C=O) groups is 1. The predicted octanol–water partition coefficient (Wildman–Crippen LogP) is 3.85. The Bertz CT molecular complexity index is 715. The Morgan fingerprint density at radius 2 is 1.96 bits per heavy atom. The highest BCUT2D eigenvalue weighted by Gasteiger charge is 2.15. The van der Waals surface area contributed by atoms with Crippen LogP contribution in [0.4, 0.5) is 0 Å². The molecule has 1 heterocycles. The molecule has 0 unspecified atom stereocenters. The van der Waals surface area contributed by atoms with E-state index in [1.807, 2.05) is 42.5 Å². The molecule has 2 aromatic rings. The molecule has 23 heavy (non-hydrogen) atoms. The molecule has 0 bridgehead atoms. The van der Waals surface area contributed by atoms with E-state index in [4.69, 9.17) is 9.47 Å². The number of carbonyl (C=O) groups excluding carboxylic acids is 1. The van der Waals surface area contributed by atoms with Crippen molar-refractivity contribution in [2.45, 2.75) is 30.5 Å². The lowest BCUT2D eigenvalue weighted by Crippen LogP contribution is -2.23. The first-order valence-electron chi connectivity index (χ1n) is 7.56. The summed E-state index contributed by atoms with van der Waals surface area (Å²) in [5, 5.41) is 3.40. The van der Waals surface area contributed by atoms with Gasteiger partial charge in [-0.1, -0.05) is 32.0 Å². The quantitative estimate of drug-likeness (QED) is 0.847. The average Bonchev–Trinajstić information content (AvgIpc) is 3.00. The maximum atomic E-state index is 12.5. The SMILES string of the molecule is CC(C)Sc1ccccc1C(=O)NCc1ccc2c(c1)OCO2. The van der Waals surface area contributed by atoms with Gasteiger partial charge in [0.25, 0.3) is 5.91 Å². The number of thioether (sulfide) groups is 1. The molecule has 120 valence electrons. The van der Waals surface area contributed by atoms with Gasteiger partial charge in [0.1, 0.15) is 0 Å². The van der Waals surface area contributed by atoms with Crippen LogP contribution in [0.1, 0.15) is 29.8 Å². The summed E-state index contributed by atoms with van der Waals surface area (Å²) < 4.78 is 10.6. The number of hydrogen-bond donors (Lipinski definition) is 1. The van der Waals surface area contributed by atoms with Crippen LogP contribution in [0.3, 0.4) is 0 Å². The van der Waals surface area contributed by atoms with Crippen LogP contribution in [0.15, 0.2) is 47.4 Å². The topological polar surface area (TPSA) is 47.6 Å². The van der Waals surface area contributed by atoms with Crippen molar-refractivity contribution in [3.63, 3.8) is 0 Å². The van der Waals surface area contributed by atoms with Gasteiger partial charge in [-0.15, -0.1) is 11.8 Å². The van der Waals surface area contributed by atoms with Crippen molar-refractivity contribution < 1.29 is 14.3 Å². The summed E-state index contributed by atoms with van der Waals surface area (Å²) in [6.45, 7) is 4.94. The Kier molecular flexibility index (Phi) is 4.76. The molecule has 1 aliphatic heterocycles. The highest BCUT2D eigenvalue weighted by Crippen LogP contribution is 2.32. The molecule has 0 aromatic heterocycles. The molecule has 1 amide bonds. The number of rotatable bonds is 5. The third kappa shape index (κ3) is 3.79. The minimum absolute atomic E-state index is 0.0635. The van der Waals surface area contributed by atoms with E-state index in [0.717, 1.165) is 22.0 Å². The van der Waals surface area contributed by atoms with E-state index in [9.17, 15) is 4.79 Å². The van der Waals surface area contributed by atoms with Crippen molar-refractivity contribution in [3.8, 4) is 11.5 Å². The van der Waals surface area contributed by atoms with E-state index in [2.05, 4.69) is 19.2 Å². The van der Waals surface area contributed by atoms with Gasteiger partial charge >= 0.3 is 0 Å². The molecule has 0 fully saturated rings. The third-order valence-electron chi connectivity index (χ3n) is 3.38. The van der Waals surface area contributed by atoms with Crippen molar-refractivity contribution in [2.75, 3.05) is 6.79 Å². The highest BCUT2D eigenvalue weighted by molar-refractivity contribution is 8.00. The van der Waals surface area contributed by atoms with Crippen LogP contribution in [0, 0.1) is 0 Å². The van der Waals surface area contributed by atoms with E-state index in [0.29, 0.717) is 17.4 Å². The van der Waals surface area contributed by atoms with Crippen molar-refractivity contribution in [3.05, 3.63) is 53.6 Å². The van der Waals surface area contributed by atoms with Crippen LogP contribution >= 0.6 is 11.8 Å². The zero-order valence-electron chi connectivity index (χ0n) is 13.2. The van der Waals surface area contributed by atoms with Crippen molar-refractivity contribution in [1.29, 1.82) is 0 Å². The van der Waals surface area contributed by atoms with Crippen LogP contribution in [-0.4, -0.2) is 18.0 Å². The van der Waals surface area contributed by atoms with Gasteiger partial charge in [-0.05, 0) is 29.8 Å².